The monoisotopic (exact) mass is 246 g/mol. The predicted octanol–water partition coefficient (Wildman–Crippen LogP) is 2.29. The minimum atomic E-state index is 0.0636. The van der Waals surface area contributed by atoms with Crippen molar-refractivity contribution in [2.75, 3.05) is 5.75 Å². The lowest BCUT2D eigenvalue weighted by Crippen LogP contribution is -2.21. The molecule has 0 radical (unpaired) electrons. The van der Waals surface area contributed by atoms with Gasteiger partial charge in [-0.3, -0.25) is 5.41 Å². The van der Waals surface area contributed by atoms with Crippen LogP contribution in [0.15, 0.2) is 35.6 Å². The van der Waals surface area contributed by atoms with Gasteiger partial charge >= 0.3 is 0 Å². The Balaban J connectivity index is 2.21. The predicted molar refractivity (Wildman–Crippen MR) is 71.3 cm³/mol. The topological polar surface area (TPSA) is 75.7 Å². The van der Waals surface area contributed by atoms with Crippen LogP contribution in [0.1, 0.15) is 6.92 Å². The van der Waals surface area contributed by atoms with E-state index < -0.39 is 0 Å². The number of para-hydroxylation sites is 1. The summed E-state index contributed by atoms with van der Waals surface area (Å²) in [4.78, 5) is 8.49. The maximum Gasteiger partial charge on any atom is 0.117 e. The number of hydrogen-bond donors (Lipinski definition) is 2. The Labute approximate surface area is 104 Å². The lowest BCUT2D eigenvalue weighted by molar-refractivity contribution is 0.877. The molecule has 17 heavy (non-hydrogen) atoms. The third-order valence-electron chi connectivity index (χ3n) is 2.51. The van der Waals surface area contributed by atoms with Crippen LogP contribution in [0.25, 0.3) is 10.9 Å². The van der Waals surface area contributed by atoms with Crippen LogP contribution in [-0.4, -0.2) is 21.6 Å². The maximum absolute atomic E-state index is 7.36. The van der Waals surface area contributed by atoms with Crippen molar-refractivity contribution in [3.05, 3.63) is 30.6 Å². The van der Waals surface area contributed by atoms with E-state index in [9.17, 15) is 0 Å². The fraction of sp³-hybridized carbons (Fsp3) is 0.250. The molecule has 2 aromatic rings. The van der Waals surface area contributed by atoms with Crippen LogP contribution in [0.4, 0.5) is 0 Å². The van der Waals surface area contributed by atoms with Crippen LogP contribution in [0.3, 0.4) is 0 Å². The van der Waals surface area contributed by atoms with Gasteiger partial charge in [-0.15, -0.1) is 11.8 Å². The van der Waals surface area contributed by atoms with Crippen LogP contribution in [0, 0.1) is 11.3 Å². The highest BCUT2D eigenvalue weighted by Gasteiger charge is 2.09. The van der Waals surface area contributed by atoms with Gasteiger partial charge in [-0.05, 0) is 6.07 Å². The molecule has 0 saturated carbocycles. The Morgan fingerprint density at radius 1 is 1.41 bits per heavy atom. The number of nitrogens with one attached hydrogen (secondary N) is 1. The molecule has 0 fully saturated rings. The normalized spacial score (nSPS) is 12.5. The van der Waals surface area contributed by atoms with Crippen molar-refractivity contribution in [2.24, 2.45) is 11.7 Å². The Kier molecular flexibility index (Phi) is 3.58. The average Bonchev–Trinajstić information content (AvgIpc) is 2.35. The molecule has 2 rings (SSSR count). The number of hydrogen-bond acceptors (Lipinski definition) is 4. The van der Waals surface area contributed by atoms with E-state index in [0.29, 0.717) is 0 Å². The SMILES string of the molecule is CC(CSc1ncnc2ccccc12)C(=N)N. The first-order valence-electron chi connectivity index (χ1n) is 5.35. The second-order valence-electron chi connectivity index (χ2n) is 3.86. The second kappa shape index (κ2) is 5.14. The third kappa shape index (κ3) is 2.74. The van der Waals surface area contributed by atoms with Gasteiger partial charge in [-0.25, -0.2) is 9.97 Å². The molecular weight excluding hydrogens is 232 g/mol. The summed E-state index contributed by atoms with van der Waals surface area (Å²) in [5.41, 5.74) is 6.39. The highest BCUT2D eigenvalue weighted by molar-refractivity contribution is 7.99. The molecule has 88 valence electrons. The molecule has 1 aromatic heterocycles. The third-order valence-corrected chi connectivity index (χ3v) is 3.77. The maximum atomic E-state index is 7.36. The van der Waals surface area contributed by atoms with Gasteiger partial charge in [0.1, 0.15) is 11.4 Å². The summed E-state index contributed by atoms with van der Waals surface area (Å²) in [6, 6.07) is 7.91. The molecule has 0 bridgehead atoms. The molecular formula is C12H14N4S. The largest absolute Gasteiger partial charge is 0.387 e. The molecule has 1 unspecified atom stereocenters. The average molecular weight is 246 g/mol. The summed E-state index contributed by atoms with van der Waals surface area (Å²) in [6.45, 7) is 1.94. The molecule has 1 aromatic carbocycles. The number of aromatic nitrogens is 2. The van der Waals surface area contributed by atoms with E-state index in [2.05, 4.69) is 9.97 Å². The fourth-order valence-electron chi connectivity index (χ4n) is 1.39. The van der Waals surface area contributed by atoms with Crippen LogP contribution in [-0.2, 0) is 0 Å². The van der Waals surface area contributed by atoms with Crippen LogP contribution >= 0.6 is 11.8 Å². The van der Waals surface area contributed by atoms with E-state index in [1.54, 1.807) is 18.1 Å². The Morgan fingerprint density at radius 3 is 2.94 bits per heavy atom. The minimum Gasteiger partial charge on any atom is -0.387 e. The van der Waals surface area contributed by atoms with Gasteiger partial charge in [-0.2, -0.15) is 0 Å². The van der Waals surface area contributed by atoms with Crippen molar-refractivity contribution in [3.63, 3.8) is 0 Å². The van der Waals surface area contributed by atoms with Gasteiger partial charge in [0.2, 0.25) is 0 Å². The molecule has 0 saturated heterocycles. The van der Waals surface area contributed by atoms with Crippen molar-refractivity contribution in [1.29, 1.82) is 5.41 Å². The Hall–Kier alpha value is -1.62. The van der Waals surface area contributed by atoms with Gasteiger partial charge in [0.15, 0.2) is 0 Å². The zero-order valence-electron chi connectivity index (χ0n) is 9.55. The first-order chi connectivity index (χ1) is 8.18. The van der Waals surface area contributed by atoms with Gasteiger partial charge in [0, 0.05) is 17.1 Å². The van der Waals surface area contributed by atoms with Crippen LogP contribution in [0.2, 0.25) is 0 Å². The standard InChI is InChI=1S/C12H14N4S/c1-8(11(13)14)6-17-12-9-4-2-3-5-10(9)15-7-16-12/h2-5,7-8H,6H2,1H3,(H3,13,14). The Bertz CT molecular complexity index is 536. The summed E-state index contributed by atoms with van der Waals surface area (Å²) in [5.74, 6) is 1.04. The number of amidine groups is 1. The molecule has 0 aliphatic rings. The molecule has 3 N–H and O–H groups in total. The van der Waals surface area contributed by atoms with Crippen molar-refractivity contribution in [3.8, 4) is 0 Å². The van der Waals surface area contributed by atoms with E-state index >= 15 is 0 Å². The van der Waals surface area contributed by atoms with E-state index in [-0.39, 0.29) is 11.8 Å². The number of benzene rings is 1. The highest BCUT2D eigenvalue weighted by Crippen LogP contribution is 2.25. The van der Waals surface area contributed by atoms with Gasteiger partial charge in [0.05, 0.1) is 11.4 Å². The first-order valence-corrected chi connectivity index (χ1v) is 6.33. The second-order valence-corrected chi connectivity index (χ2v) is 4.87. The summed E-state index contributed by atoms with van der Waals surface area (Å²) in [6.07, 6.45) is 1.57. The quantitative estimate of drug-likeness (QED) is 0.375. The molecule has 4 nitrogen and oxygen atoms in total. The van der Waals surface area contributed by atoms with Crippen molar-refractivity contribution in [2.45, 2.75) is 11.9 Å². The van der Waals surface area contributed by atoms with E-state index in [0.717, 1.165) is 21.7 Å². The summed E-state index contributed by atoms with van der Waals surface area (Å²) >= 11 is 1.61. The molecule has 0 aliphatic heterocycles. The molecule has 0 aliphatic carbocycles. The van der Waals surface area contributed by atoms with E-state index in [1.807, 2.05) is 31.2 Å². The van der Waals surface area contributed by atoms with Gasteiger partial charge in [0.25, 0.3) is 0 Å². The summed E-state index contributed by atoms with van der Waals surface area (Å²) < 4.78 is 0. The van der Waals surface area contributed by atoms with Gasteiger partial charge < -0.3 is 5.73 Å². The van der Waals surface area contributed by atoms with Crippen LogP contribution in [0.5, 0.6) is 0 Å². The van der Waals surface area contributed by atoms with Crippen molar-refractivity contribution >= 4 is 28.5 Å². The number of nitrogens with zero attached hydrogens (tertiary/aromatic N) is 2. The van der Waals surface area contributed by atoms with Crippen LogP contribution < -0.4 is 5.73 Å². The molecule has 1 heterocycles. The summed E-state index contributed by atoms with van der Waals surface area (Å²) in [7, 11) is 0. The Morgan fingerprint density at radius 2 is 2.18 bits per heavy atom. The van der Waals surface area contributed by atoms with E-state index in [1.165, 1.54) is 0 Å². The van der Waals surface area contributed by atoms with Crippen molar-refractivity contribution in [1.82, 2.24) is 9.97 Å². The number of thioether (sulfide) groups is 1. The first kappa shape index (κ1) is 11.9. The lowest BCUT2D eigenvalue weighted by atomic mass is 10.2. The molecule has 0 spiro atoms. The van der Waals surface area contributed by atoms with E-state index in [4.69, 9.17) is 11.1 Å². The minimum absolute atomic E-state index is 0.0636. The van der Waals surface area contributed by atoms with Crippen molar-refractivity contribution < 1.29 is 0 Å². The number of fused-ring (bicyclic) bond motifs is 1. The summed E-state index contributed by atoms with van der Waals surface area (Å²) in [5, 5.41) is 9.36. The van der Waals surface area contributed by atoms with Gasteiger partial charge in [-0.1, -0.05) is 25.1 Å². The number of rotatable bonds is 4. The fourth-order valence-corrected chi connectivity index (χ4v) is 2.43. The molecule has 1 atom stereocenters. The zero-order valence-corrected chi connectivity index (χ0v) is 10.4. The number of nitrogens with two attached hydrogens (primary N) is 1. The zero-order chi connectivity index (χ0) is 12.3. The smallest absolute Gasteiger partial charge is 0.117 e. The molecule has 5 heteroatoms. The lowest BCUT2D eigenvalue weighted by Gasteiger charge is -2.09. The molecule has 0 amide bonds. The highest BCUT2D eigenvalue weighted by atomic mass is 32.2.